The highest BCUT2D eigenvalue weighted by molar-refractivity contribution is 5.23. The van der Waals surface area contributed by atoms with Crippen LogP contribution >= 0.6 is 0 Å². The van der Waals surface area contributed by atoms with Gasteiger partial charge in [0.15, 0.2) is 0 Å². The Morgan fingerprint density at radius 1 is 1.33 bits per heavy atom. The lowest BCUT2D eigenvalue weighted by Gasteiger charge is -2.27. The molecule has 1 nitrogen and oxygen atoms in total. The molecule has 15 heavy (non-hydrogen) atoms. The average molecular weight is 203 g/mol. The molecule has 0 saturated carbocycles. The van der Waals surface area contributed by atoms with Crippen LogP contribution in [0.15, 0.2) is 36.2 Å². The highest BCUT2D eigenvalue weighted by Crippen LogP contribution is 2.31. The number of nitrogens with zero attached hydrogens (tertiary/aromatic N) is 1. The average Bonchev–Trinajstić information content (AvgIpc) is 2.27. The molecule has 0 radical (unpaired) electrons. The Kier molecular flexibility index (Phi) is 4.07. The lowest BCUT2D eigenvalue weighted by molar-refractivity contribution is 0.459. The van der Waals surface area contributed by atoms with E-state index in [1.165, 1.54) is 11.1 Å². The summed E-state index contributed by atoms with van der Waals surface area (Å²) in [5.41, 5.74) is 3.03. The van der Waals surface area contributed by atoms with E-state index < -0.39 is 0 Å². The van der Waals surface area contributed by atoms with E-state index in [9.17, 15) is 0 Å². The van der Waals surface area contributed by atoms with Crippen LogP contribution in [0.3, 0.4) is 0 Å². The first-order valence-corrected chi connectivity index (χ1v) is 5.62. The third-order valence-corrected chi connectivity index (χ3v) is 3.12. The molecule has 0 aliphatic carbocycles. The van der Waals surface area contributed by atoms with Crippen LogP contribution in [-0.4, -0.2) is 4.98 Å². The molecular weight excluding hydrogens is 182 g/mol. The standard InChI is InChI=1S/C14H21N/c1-5-14(4,9-6-12(2)3)13-7-10-15-11-8-13/h6-8,10-11H,5,9H2,1-4H3/t14-/m0/s1. The Balaban J connectivity index is 2.90. The normalized spacial score (nSPS) is 14.4. The van der Waals surface area contributed by atoms with Gasteiger partial charge in [-0.2, -0.15) is 0 Å². The van der Waals surface area contributed by atoms with Gasteiger partial charge in [0.25, 0.3) is 0 Å². The summed E-state index contributed by atoms with van der Waals surface area (Å²) in [6, 6.07) is 4.25. The van der Waals surface area contributed by atoms with Crippen molar-refractivity contribution in [2.24, 2.45) is 0 Å². The molecular formula is C14H21N. The number of aromatic nitrogens is 1. The summed E-state index contributed by atoms with van der Waals surface area (Å²) in [6.45, 7) is 8.88. The lowest BCUT2D eigenvalue weighted by atomic mass is 9.77. The minimum Gasteiger partial charge on any atom is -0.265 e. The zero-order chi connectivity index (χ0) is 11.3. The molecule has 0 aliphatic heterocycles. The summed E-state index contributed by atoms with van der Waals surface area (Å²) in [7, 11) is 0. The molecule has 0 spiro atoms. The van der Waals surface area contributed by atoms with Gasteiger partial charge in [-0.3, -0.25) is 4.98 Å². The van der Waals surface area contributed by atoms with E-state index in [0.717, 1.165) is 12.8 Å². The van der Waals surface area contributed by atoms with Gasteiger partial charge in [-0.25, -0.2) is 0 Å². The van der Waals surface area contributed by atoms with Crippen molar-refractivity contribution in [1.29, 1.82) is 0 Å². The second kappa shape index (κ2) is 5.11. The quantitative estimate of drug-likeness (QED) is 0.671. The van der Waals surface area contributed by atoms with Crippen molar-refractivity contribution < 1.29 is 0 Å². The van der Waals surface area contributed by atoms with Crippen LogP contribution in [0.4, 0.5) is 0 Å². The zero-order valence-electron chi connectivity index (χ0n) is 10.2. The van der Waals surface area contributed by atoms with Crippen molar-refractivity contribution in [2.75, 3.05) is 0 Å². The zero-order valence-corrected chi connectivity index (χ0v) is 10.2. The Hall–Kier alpha value is -1.11. The van der Waals surface area contributed by atoms with Gasteiger partial charge in [-0.05, 0) is 49.8 Å². The van der Waals surface area contributed by atoms with Crippen LogP contribution in [0.2, 0.25) is 0 Å². The predicted octanol–water partition coefficient (Wildman–Crippen LogP) is 4.11. The minimum absolute atomic E-state index is 0.250. The Morgan fingerprint density at radius 3 is 2.40 bits per heavy atom. The molecule has 0 aromatic carbocycles. The summed E-state index contributed by atoms with van der Waals surface area (Å²) >= 11 is 0. The fourth-order valence-corrected chi connectivity index (χ4v) is 1.65. The first-order valence-electron chi connectivity index (χ1n) is 5.62. The van der Waals surface area contributed by atoms with Crippen molar-refractivity contribution in [2.45, 2.75) is 46.0 Å². The monoisotopic (exact) mass is 203 g/mol. The van der Waals surface area contributed by atoms with E-state index in [1.54, 1.807) is 0 Å². The largest absolute Gasteiger partial charge is 0.265 e. The van der Waals surface area contributed by atoms with Crippen molar-refractivity contribution in [1.82, 2.24) is 4.98 Å². The van der Waals surface area contributed by atoms with E-state index in [2.05, 4.69) is 50.9 Å². The molecule has 0 unspecified atom stereocenters. The molecule has 0 N–H and O–H groups in total. The van der Waals surface area contributed by atoms with Crippen molar-refractivity contribution >= 4 is 0 Å². The molecule has 1 heteroatoms. The predicted molar refractivity (Wildman–Crippen MR) is 65.9 cm³/mol. The maximum Gasteiger partial charge on any atom is 0.0270 e. The van der Waals surface area contributed by atoms with Gasteiger partial charge in [0.05, 0.1) is 0 Å². The fraction of sp³-hybridized carbons (Fsp3) is 0.500. The molecule has 1 atom stereocenters. The van der Waals surface area contributed by atoms with Crippen LogP contribution in [0, 0.1) is 0 Å². The number of pyridine rings is 1. The third kappa shape index (κ3) is 3.19. The van der Waals surface area contributed by atoms with E-state index in [-0.39, 0.29) is 5.41 Å². The van der Waals surface area contributed by atoms with E-state index in [0.29, 0.717) is 0 Å². The topological polar surface area (TPSA) is 12.9 Å². The first-order chi connectivity index (χ1) is 7.08. The minimum atomic E-state index is 0.250. The van der Waals surface area contributed by atoms with Gasteiger partial charge in [-0.1, -0.05) is 25.5 Å². The van der Waals surface area contributed by atoms with Gasteiger partial charge in [-0.15, -0.1) is 0 Å². The van der Waals surface area contributed by atoms with Gasteiger partial charge < -0.3 is 0 Å². The highest BCUT2D eigenvalue weighted by atomic mass is 14.6. The molecule has 1 aromatic rings. The number of hydrogen-bond acceptors (Lipinski definition) is 1. The van der Waals surface area contributed by atoms with Gasteiger partial charge in [0.1, 0.15) is 0 Å². The first kappa shape index (κ1) is 12.0. The second-order valence-electron chi connectivity index (χ2n) is 4.64. The summed E-state index contributed by atoms with van der Waals surface area (Å²) in [5, 5.41) is 0. The van der Waals surface area contributed by atoms with Crippen molar-refractivity contribution in [3.8, 4) is 0 Å². The summed E-state index contributed by atoms with van der Waals surface area (Å²) < 4.78 is 0. The Morgan fingerprint density at radius 2 is 1.93 bits per heavy atom. The molecule has 1 rings (SSSR count). The molecule has 1 aromatic heterocycles. The lowest BCUT2D eigenvalue weighted by Crippen LogP contribution is -2.19. The van der Waals surface area contributed by atoms with Crippen LogP contribution in [0.1, 0.15) is 46.1 Å². The van der Waals surface area contributed by atoms with E-state index in [4.69, 9.17) is 0 Å². The van der Waals surface area contributed by atoms with Gasteiger partial charge in [0.2, 0.25) is 0 Å². The molecule has 0 bridgehead atoms. The number of hydrogen-bond donors (Lipinski definition) is 0. The fourth-order valence-electron chi connectivity index (χ4n) is 1.65. The number of rotatable bonds is 4. The van der Waals surface area contributed by atoms with Crippen LogP contribution < -0.4 is 0 Å². The summed E-state index contributed by atoms with van der Waals surface area (Å²) in [5.74, 6) is 0. The Bertz CT molecular complexity index is 322. The maximum absolute atomic E-state index is 4.07. The molecule has 0 saturated heterocycles. The van der Waals surface area contributed by atoms with Gasteiger partial charge >= 0.3 is 0 Å². The maximum atomic E-state index is 4.07. The molecule has 0 aliphatic rings. The molecule has 82 valence electrons. The second-order valence-corrected chi connectivity index (χ2v) is 4.64. The molecule has 0 amide bonds. The van der Waals surface area contributed by atoms with Crippen LogP contribution in [0.5, 0.6) is 0 Å². The Labute approximate surface area is 93.2 Å². The van der Waals surface area contributed by atoms with Crippen molar-refractivity contribution in [3.63, 3.8) is 0 Å². The van der Waals surface area contributed by atoms with E-state index in [1.807, 2.05) is 12.4 Å². The molecule has 1 heterocycles. The summed E-state index contributed by atoms with van der Waals surface area (Å²) in [6.07, 6.45) is 8.35. The smallest absolute Gasteiger partial charge is 0.0270 e. The SMILES string of the molecule is CC[C@@](C)(CC=C(C)C)c1ccncc1. The number of allylic oxidation sites excluding steroid dienone is 2. The molecule has 0 fully saturated rings. The van der Waals surface area contributed by atoms with Crippen LogP contribution in [-0.2, 0) is 5.41 Å². The van der Waals surface area contributed by atoms with Crippen molar-refractivity contribution in [3.05, 3.63) is 41.7 Å². The van der Waals surface area contributed by atoms with Gasteiger partial charge in [0, 0.05) is 12.4 Å². The summed E-state index contributed by atoms with van der Waals surface area (Å²) in [4.78, 5) is 4.07. The third-order valence-electron chi connectivity index (χ3n) is 3.12. The van der Waals surface area contributed by atoms with E-state index >= 15 is 0 Å². The van der Waals surface area contributed by atoms with Crippen LogP contribution in [0.25, 0.3) is 0 Å². The highest BCUT2D eigenvalue weighted by Gasteiger charge is 2.22.